The van der Waals surface area contributed by atoms with Crippen molar-refractivity contribution < 1.29 is 9.53 Å². The van der Waals surface area contributed by atoms with Gasteiger partial charge in [0.15, 0.2) is 4.34 Å². The number of carbonyl (C=O) groups is 1. The molecule has 2 aromatic carbocycles. The predicted molar refractivity (Wildman–Crippen MR) is 115 cm³/mol. The van der Waals surface area contributed by atoms with E-state index in [9.17, 15) is 4.79 Å². The van der Waals surface area contributed by atoms with Gasteiger partial charge in [-0.1, -0.05) is 52.9 Å². The van der Waals surface area contributed by atoms with E-state index in [0.717, 1.165) is 21.3 Å². The van der Waals surface area contributed by atoms with Crippen molar-refractivity contribution in [3.8, 4) is 5.75 Å². The number of methoxy groups -OCH3 is 1. The fourth-order valence-electron chi connectivity index (χ4n) is 2.28. The number of aromatic nitrogens is 2. The molecule has 0 spiro atoms. The van der Waals surface area contributed by atoms with Crippen molar-refractivity contribution >= 4 is 51.4 Å². The normalized spacial score (nSPS) is 11.7. The average molecular weight is 435 g/mol. The van der Waals surface area contributed by atoms with Crippen molar-refractivity contribution in [3.05, 3.63) is 59.1 Å². The number of anilines is 2. The Kier molecular flexibility index (Phi) is 7.13. The molecule has 1 aromatic heterocycles. The van der Waals surface area contributed by atoms with Crippen LogP contribution in [0.3, 0.4) is 0 Å². The second kappa shape index (κ2) is 9.77. The average Bonchev–Trinajstić information content (AvgIpc) is 3.14. The molecule has 28 heavy (non-hydrogen) atoms. The van der Waals surface area contributed by atoms with E-state index in [2.05, 4.69) is 20.8 Å². The van der Waals surface area contributed by atoms with E-state index in [4.69, 9.17) is 16.3 Å². The van der Waals surface area contributed by atoms with Crippen molar-refractivity contribution in [2.45, 2.75) is 23.1 Å². The van der Waals surface area contributed by atoms with Gasteiger partial charge in [0.1, 0.15) is 5.75 Å². The monoisotopic (exact) mass is 434 g/mol. The van der Waals surface area contributed by atoms with Gasteiger partial charge in [-0.05, 0) is 42.8 Å². The summed E-state index contributed by atoms with van der Waals surface area (Å²) in [7, 11) is 1.63. The number of nitrogens with zero attached hydrogens (tertiary/aromatic N) is 2. The minimum atomic E-state index is -0.302. The highest BCUT2D eigenvalue weighted by Crippen LogP contribution is 2.30. The molecule has 146 valence electrons. The van der Waals surface area contributed by atoms with Gasteiger partial charge >= 0.3 is 0 Å². The Morgan fingerprint density at radius 2 is 1.96 bits per heavy atom. The van der Waals surface area contributed by atoms with Gasteiger partial charge in [-0.3, -0.25) is 4.79 Å². The molecular weight excluding hydrogens is 416 g/mol. The summed E-state index contributed by atoms with van der Waals surface area (Å²) in [5, 5.41) is 15.4. The molecule has 1 atom stereocenters. The number of ether oxygens (including phenoxy) is 1. The van der Waals surface area contributed by atoms with E-state index < -0.39 is 0 Å². The largest absolute Gasteiger partial charge is 0.497 e. The molecule has 0 saturated carbocycles. The van der Waals surface area contributed by atoms with Crippen molar-refractivity contribution in [1.82, 2.24) is 15.5 Å². The third kappa shape index (κ3) is 5.60. The summed E-state index contributed by atoms with van der Waals surface area (Å²) < 4.78 is 5.86. The lowest BCUT2D eigenvalue weighted by Crippen LogP contribution is -2.30. The molecule has 0 bridgehead atoms. The van der Waals surface area contributed by atoms with Gasteiger partial charge in [-0.2, -0.15) is 0 Å². The summed E-state index contributed by atoms with van der Waals surface area (Å²) in [6.07, 6.45) is 0. The maximum atomic E-state index is 12.3. The zero-order valence-corrected chi connectivity index (χ0v) is 17.7. The number of halogens is 1. The van der Waals surface area contributed by atoms with Gasteiger partial charge in [0, 0.05) is 17.3 Å². The molecule has 0 aliphatic heterocycles. The Hall–Kier alpha value is -2.29. The maximum absolute atomic E-state index is 12.3. The van der Waals surface area contributed by atoms with Crippen LogP contribution in [0.15, 0.2) is 52.9 Å². The molecule has 1 amide bonds. The van der Waals surface area contributed by atoms with Crippen LogP contribution in [-0.4, -0.2) is 28.5 Å². The molecule has 0 saturated heterocycles. The number of thioether (sulfide) groups is 1. The Morgan fingerprint density at radius 1 is 1.21 bits per heavy atom. The quantitative estimate of drug-likeness (QED) is 0.498. The molecule has 3 aromatic rings. The van der Waals surface area contributed by atoms with E-state index in [1.807, 2.05) is 49.4 Å². The Bertz CT molecular complexity index is 934. The summed E-state index contributed by atoms with van der Waals surface area (Å²) in [6, 6.07) is 15.0. The first kappa shape index (κ1) is 20.4. The molecule has 1 heterocycles. The van der Waals surface area contributed by atoms with Crippen LogP contribution in [0.1, 0.15) is 12.5 Å². The first-order chi connectivity index (χ1) is 13.5. The minimum Gasteiger partial charge on any atom is -0.497 e. The molecule has 0 radical (unpaired) electrons. The van der Waals surface area contributed by atoms with Crippen molar-refractivity contribution in [2.75, 3.05) is 12.4 Å². The standard InChI is InChI=1S/C19H19ClN4O2S2/c1-12(17(25)21-11-13-5-3-4-6-16(13)20)27-19-24-23-18(28-19)22-14-7-9-15(26-2)10-8-14/h3-10,12H,11H2,1-2H3,(H,21,25)(H,22,23)/t12-/m0/s1. The minimum absolute atomic E-state index is 0.0789. The first-order valence-electron chi connectivity index (χ1n) is 8.47. The van der Waals surface area contributed by atoms with Gasteiger partial charge in [0.25, 0.3) is 0 Å². The van der Waals surface area contributed by atoms with Crippen LogP contribution in [0, 0.1) is 0 Å². The van der Waals surface area contributed by atoms with E-state index in [0.29, 0.717) is 16.7 Å². The highest BCUT2D eigenvalue weighted by Gasteiger charge is 2.17. The lowest BCUT2D eigenvalue weighted by atomic mass is 10.2. The molecule has 9 heteroatoms. The highest BCUT2D eigenvalue weighted by atomic mass is 35.5. The summed E-state index contributed by atoms with van der Waals surface area (Å²) in [4.78, 5) is 12.3. The lowest BCUT2D eigenvalue weighted by molar-refractivity contribution is -0.120. The third-order valence-corrected chi connectivity index (χ3v) is 6.20. The molecule has 0 aliphatic rings. The SMILES string of the molecule is COc1ccc(Nc2nnc(S[C@@H](C)C(=O)NCc3ccccc3Cl)s2)cc1. The Morgan fingerprint density at radius 3 is 2.68 bits per heavy atom. The van der Waals surface area contributed by atoms with Crippen LogP contribution < -0.4 is 15.4 Å². The van der Waals surface area contributed by atoms with Crippen LogP contribution in [0.25, 0.3) is 0 Å². The van der Waals surface area contributed by atoms with Gasteiger partial charge in [0.2, 0.25) is 11.0 Å². The number of carbonyl (C=O) groups excluding carboxylic acids is 1. The Balaban J connectivity index is 1.52. The topological polar surface area (TPSA) is 76.1 Å². The number of benzene rings is 2. The van der Waals surface area contributed by atoms with Crippen LogP contribution in [0.2, 0.25) is 5.02 Å². The van der Waals surface area contributed by atoms with Crippen LogP contribution in [-0.2, 0) is 11.3 Å². The van der Waals surface area contributed by atoms with Crippen LogP contribution >= 0.6 is 34.7 Å². The van der Waals surface area contributed by atoms with E-state index in [-0.39, 0.29) is 11.2 Å². The lowest BCUT2D eigenvalue weighted by Gasteiger charge is -2.11. The van der Waals surface area contributed by atoms with Gasteiger partial charge in [-0.15, -0.1) is 10.2 Å². The molecule has 0 fully saturated rings. The molecule has 2 N–H and O–H groups in total. The second-order valence-corrected chi connectivity index (χ2v) is 8.77. The molecule has 6 nitrogen and oxygen atoms in total. The van der Waals surface area contributed by atoms with Crippen LogP contribution in [0.5, 0.6) is 5.75 Å². The number of amides is 1. The van der Waals surface area contributed by atoms with Gasteiger partial charge in [0.05, 0.1) is 12.4 Å². The third-order valence-electron chi connectivity index (χ3n) is 3.81. The number of hydrogen-bond donors (Lipinski definition) is 2. The summed E-state index contributed by atoms with van der Waals surface area (Å²) >= 11 is 8.88. The molecule has 0 aliphatic carbocycles. The first-order valence-corrected chi connectivity index (χ1v) is 10.5. The molecular formula is C19H19ClN4O2S2. The number of hydrogen-bond acceptors (Lipinski definition) is 7. The number of nitrogens with one attached hydrogen (secondary N) is 2. The second-order valence-electron chi connectivity index (χ2n) is 5.80. The summed E-state index contributed by atoms with van der Waals surface area (Å²) in [6.45, 7) is 2.23. The molecule has 3 rings (SSSR count). The summed E-state index contributed by atoms with van der Waals surface area (Å²) in [5.41, 5.74) is 1.77. The van der Waals surface area contributed by atoms with Crippen molar-refractivity contribution in [3.63, 3.8) is 0 Å². The van der Waals surface area contributed by atoms with Crippen molar-refractivity contribution in [2.24, 2.45) is 0 Å². The molecule has 0 unspecified atom stereocenters. The zero-order chi connectivity index (χ0) is 19.9. The smallest absolute Gasteiger partial charge is 0.233 e. The summed E-state index contributed by atoms with van der Waals surface area (Å²) in [5.74, 6) is 0.709. The van der Waals surface area contributed by atoms with E-state index in [1.165, 1.54) is 23.1 Å². The van der Waals surface area contributed by atoms with Gasteiger partial charge in [-0.25, -0.2) is 0 Å². The van der Waals surface area contributed by atoms with E-state index >= 15 is 0 Å². The van der Waals surface area contributed by atoms with Crippen molar-refractivity contribution in [1.29, 1.82) is 0 Å². The number of rotatable bonds is 8. The zero-order valence-electron chi connectivity index (χ0n) is 15.3. The highest BCUT2D eigenvalue weighted by molar-refractivity contribution is 8.02. The van der Waals surface area contributed by atoms with E-state index in [1.54, 1.807) is 13.2 Å². The fraction of sp³-hybridized carbons (Fsp3) is 0.211. The predicted octanol–water partition coefficient (Wildman–Crippen LogP) is 4.74. The van der Waals surface area contributed by atoms with Crippen LogP contribution in [0.4, 0.5) is 10.8 Å². The fourth-order valence-corrected chi connectivity index (χ4v) is 4.42. The van der Waals surface area contributed by atoms with Gasteiger partial charge < -0.3 is 15.4 Å². The Labute approximate surface area is 176 Å². The maximum Gasteiger partial charge on any atom is 0.233 e.